The van der Waals surface area contributed by atoms with Crippen LogP contribution in [0.4, 0.5) is 0 Å². The maximum atomic E-state index is 10.7. The predicted molar refractivity (Wildman–Crippen MR) is 77.6 cm³/mol. The van der Waals surface area contributed by atoms with Crippen LogP contribution in [-0.4, -0.2) is 49.7 Å². The van der Waals surface area contributed by atoms with Gasteiger partial charge in [-0.3, -0.25) is 9.11 Å². The van der Waals surface area contributed by atoms with Gasteiger partial charge in [0.05, 0.1) is 23.7 Å². The van der Waals surface area contributed by atoms with Gasteiger partial charge in [0.15, 0.2) is 0 Å². The summed E-state index contributed by atoms with van der Waals surface area (Å²) in [6.45, 7) is 0. The highest BCUT2D eigenvalue weighted by Crippen LogP contribution is 2.14. The Morgan fingerprint density at radius 3 is 1.43 bits per heavy atom. The molecule has 0 fully saturated rings. The third kappa shape index (κ3) is 12.4. The van der Waals surface area contributed by atoms with Crippen LogP contribution in [0.15, 0.2) is 0 Å². The van der Waals surface area contributed by atoms with Crippen molar-refractivity contribution in [2.24, 2.45) is 0 Å². The lowest BCUT2D eigenvalue weighted by Crippen LogP contribution is -2.26. The Bertz CT molecular complexity index is 538. The molecular weight excluding hydrogens is 320 g/mol. The van der Waals surface area contributed by atoms with Crippen LogP contribution in [0.5, 0.6) is 0 Å². The first-order valence-electron chi connectivity index (χ1n) is 6.00. The van der Waals surface area contributed by atoms with E-state index in [0.29, 0.717) is 0 Å². The van der Waals surface area contributed by atoms with E-state index >= 15 is 0 Å². The molecule has 0 aliphatic carbocycles. The van der Waals surface area contributed by atoms with Crippen LogP contribution < -0.4 is 0 Å². The van der Waals surface area contributed by atoms with Gasteiger partial charge in [0.2, 0.25) is 0 Å². The molecule has 0 saturated carbocycles. The fraction of sp³-hybridized carbons (Fsp3) is 0.667. The molecule has 0 heterocycles. The zero-order chi connectivity index (χ0) is 16.5. The minimum absolute atomic E-state index is 0.0457. The van der Waals surface area contributed by atoms with Gasteiger partial charge < -0.3 is 4.74 Å². The van der Waals surface area contributed by atoms with Crippen molar-refractivity contribution in [2.75, 3.05) is 11.5 Å². The largest absolute Gasteiger partial charge is 0.373 e. The Morgan fingerprint density at radius 1 is 0.857 bits per heavy atom. The molecule has 2 atom stereocenters. The fourth-order valence-electron chi connectivity index (χ4n) is 1.53. The maximum absolute atomic E-state index is 10.7. The van der Waals surface area contributed by atoms with Gasteiger partial charge in [-0.2, -0.15) is 16.8 Å². The maximum Gasteiger partial charge on any atom is 0.264 e. The summed E-state index contributed by atoms with van der Waals surface area (Å²) >= 11 is 0. The lowest BCUT2D eigenvalue weighted by atomic mass is 10.1. The Labute approximate surface area is 125 Å². The fourth-order valence-corrected chi connectivity index (χ4v) is 2.65. The molecule has 0 rings (SSSR count). The summed E-state index contributed by atoms with van der Waals surface area (Å²) in [7, 11) is -8.29. The van der Waals surface area contributed by atoms with Gasteiger partial charge in [-0.05, 0) is 12.8 Å². The lowest BCUT2D eigenvalue weighted by Gasteiger charge is -2.22. The topological polar surface area (TPSA) is 118 Å². The van der Waals surface area contributed by atoms with E-state index in [1.807, 2.05) is 0 Å². The van der Waals surface area contributed by atoms with E-state index in [-0.39, 0.29) is 25.7 Å². The molecule has 0 aliphatic heterocycles. The van der Waals surface area contributed by atoms with E-state index in [1.165, 1.54) is 0 Å². The Morgan fingerprint density at radius 2 is 1.19 bits per heavy atom. The van der Waals surface area contributed by atoms with E-state index in [1.54, 1.807) is 0 Å². The van der Waals surface area contributed by atoms with Crippen molar-refractivity contribution in [3.63, 3.8) is 0 Å². The third-order valence-corrected chi connectivity index (χ3v) is 3.97. The minimum atomic E-state index is -4.15. The van der Waals surface area contributed by atoms with E-state index in [0.717, 1.165) is 0 Å². The first-order chi connectivity index (χ1) is 9.57. The van der Waals surface area contributed by atoms with Crippen LogP contribution in [0.2, 0.25) is 0 Å². The van der Waals surface area contributed by atoms with Gasteiger partial charge in [0.1, 0.15) is 0 Å². The van der Waals surface area contributed by atoms with Crippen LogP contribution in [0.3, 0.4) is 0 Å². The highest BCUT2D eigenvalue weighted by molar-refractivity contribution is 7.86. The molecule has 21 heavy (non-hydrogen) atoms. The minimum Gasteiger partial charge on any atom is -0.373 e. The second kappa shape index (κ2) is 9.03. The molecule has 0 saturated heterocycles. The molecule has 7 nitrogen and oxygen atoms in total. The summed E-state index contributed by atoms with van der Waals surface area (Å²) in [6, 6.07) is 0. The van der Waals surface area contributed by atoms with Crippen LogP contribution in [0.25, 0.3) is 0 Å². The van der Waals surface area contributed by atoms with Gasteiger partial charge in [-0.25, -0.2) is 0 Å². The van der Waals surface area contributed by atoms with Crippen LogP contribution in [0.1, 0.15) is 25.7 Å². The van der Waals surface area contributed by atoms with Crippen LogP contribution in [0, 0.1) is 24.7 Å². The molecule has 120 valence electrons. The average molecular weight is 338 g/mol. The van der Waals surface area contributed by atoms with E-state index < -0.39 is 43.9 Å². The molecule has 0 aromatic carbocycles. The van der Waals surface area contributed by atoms with Crippen LogP contribution in [-0.2, 0) is 25.0 Å². The van der Waals surface area contributed by atoms with Crippen LogP contribution >= 0.6 is 0 Å². The van der Waals surface area contributed by atoms with Gasteiger partial charge in [-0.1, -0.05) is 0 Å². The van der Waals surface area contributed by atoms with Gasteiger partial charge in [0.25, 0.3) is 20.2 Å². The number of terminal acetylenes is 2. The van der Waals surface area contributed by atoms with Crippen molar-refractivity contribution in [1.29, 1.82) is 0 Å². The summed E-state index contributed by atoms with van der Waals surface area (Å²) < 4.78 is 65.7. The number of rotatable bonds is 10. The third-order valence-electron chi connectivity index (χ3n) is 2.47. The molecule has 9 heteroatoms. The monoisotopic (exact) mass is 338 g/mol. The molecule has 0 aromatic heterocycles. The van der Waals surface area contributed by atoms with E-state index in [9.17, 15) is 16.8 Å². The first kappa shape index (κ1) is 19.9. The molecule has 0 bridgehead atoms. The zero-order valence-electron chi connectivity index (χ0n) is 11.3. The van der Waals surface area contributed by atoms with Crippen molar-refractivity contribution in [3.05, 3.63) is 0 Å². The number of hydrogen-bond donors (Lipinski definition) is 2. The van der Waals surface area contributed by atoms with Crippen molar-refractivity contribution in [1.82, 2.24) is 0 Å². The Hall–Kier alpha value is -1.10. The SMILES string of the molecule is C#CC[C@@H](CCS(=O)(=O)O)O[C@@H](CC#C)CCS(=O)(=O)O. The van der Waals surface area contributed by atoms with Crippen molar-refractivity contribution in [3.8, 4) is 24.7 Å². The summed E-state index contributed by atoms with van der Waals surface area (Å²) in [5, 5.41) is 0. The smallest absolute Gasteiger partial charge is 0.264 e. The summed E-state index contributed by atoms with van der Waals surface area (Å²) in [5.41, 5.74) is 0. The molecule has 0 amide bonds. The Balaban J connectivity index is 4.66. The van der Waals surface area contributed by atoms with Crippen molar-refractivity contribution in [2.45, 2.75) is 37.9 Å². The van der Waals surface area contributed by atoms with E-state index in [4.69, 9.17) is 26.7 Å². The molecule has 2 N–H and O–H groups in total. The quantitative estimate of drug-likeness (QED) is 0.435. The van der Waals surface area contributed by atoms with Crippen molar-refractivity contribution >= 4 is 20.2 Å². The van der Waals surface area contributed by atoms with Gasteiger partial charge in [-0.15, -0.1) is 24.7 Å². The van der Waals surface area contributed by atoms with Gasteiger partial charge >= 0.3 is 0 Å². The molecular formula is C12H18O7S2. The second-order valence-corrected chi connectivity index (χ2v) is 7.49. The summed E-state index contributed by atoms with van der Waals surface area (Å²) in [5.74, 6) is 3.55. The average Bonchev–Trinajstić information content (AvgIpc) is 2.31. The molecule has 0 spiro atoms. The first-order valence-corrected chi connectivity index (χ1v) is 9.22. The van der Waals surface area contributed by atoms with Gasteiger partial charge in [0, 0.05) is 12.8 Å². The normalized spacial score (nSPS) is 14.9. The van der Waals surface area contributed by atoms with E-state index in [2.05, 4.69) is 11.8 Å². The number of hydrogen-bond acceptors (Lipinski definition) is 5. The molecule has 0 unspecified atom stereocenters. The molecule has 0 aromatic rings. The highest BCUT2D eigenvalue weighted by atomic mass is 32.2. The summed E-state index contributed by atoms with van der Waals surface area (Å²) in [4.78, 5) is 0. The lowest BCUT2D eigenvalue weighted by molar-refractivity contribution is -0.00933. The molecule has 0 aliphatic rings. The predicted octanol–water partition coefficient (Wildman–Crippen LogP) is 0.343. The second-order valence-electron chi connectivity index (χ2n) is 4.35. The zero-order valence-corrected chi connectivity index (χ0v) is 12.9. The summed E-state index contributed by atoms with van der Waals surface area (Å²) in [6.07, 6.45) is 9.00. The standard InChI is InChI=1S/C12H18O7S2/c1-3-5-11(7-9-20(13,14)15)19-12(6-4-2)8-10-21(16,17)18/h1-2,11-12H,5-10H2,(H,13,14,15)(H,16,17,18)/t11-,12-/m0/s1. The highest BCUT2D eigenvalue weighted by Gasteiger charge is 2.20. The Kier molecular flexibility index (Phi) is 8.55. The number of ether oxygens (including phenoxy) is 1. The molecule has 0 radical (unpaired) electrons. The van der Waals surface area contributed by atoms with Crippen molar-refractivity contribution < 1.29 is 30.7 Å².